The molecule has 146 valence electrons. The standard InChI is InChI=1S/C23H21N3O3/c1-15(27)24-21-10-6-9-19(14-21)22-25-26(16(2)28)23(3,29-22)20-12-11-17-7-4-5-8-18(17)13-20/h4-14H,1-3H3,(H,24,27)/t23-/m1/s1. The van der Waals surface area contributed by atoms with Crippen LogP contribution in [0.5, 0.6) is 0 Å². The number of carbonyl (C=O) groups is 2. The molecule has 0 saturated carbocycles. The van der Waals surface area contributed by atoms with Gasteiger partial charge in [0.25, 0.3) is 0 Å². The van der Waals surface area contributed by atoms with Gasteiger partial charge in [0.05, 0.1) is 0 Å². The monoisotopic (exact) mass is 387 g/mol. The highest BCUT2D eigenvalue weighted by molar-refractivity contribution is 5.99. The van der Waals surface area contributed by atoms with E-state index >= 15 is 0 Å². The summed E-state index contributed by atoms with van der Waals surface area (Å²) >= 11 is 0. The van der Waals surface area contributed by atoms with Gasteiger partial charge in [-0.25, -0.2) is 0 Å². The highest BCUT2D eigenvalue weighted by atomic mass is 16.6. The van der Waals surface area contributed by atoms with Gasteiger partial charge in [0.2, 0.25) is 23.4 Å². The molecular weight excluding hydrogens is 366 g/mol. The number of anilines is 1. The average molecular weight is 387 g/mol. The lowest BCUT2D eigenvalue weighted by Crippen LogP contribution is -2.41. The van der Waals surface area contributed by atoms with Crippen LogP contribution in [0.3, 0.4) is 0 Å². The van der Waals surface area contributed by atoms with Gasteiger partial charge in [-0.05, 0) is 35.0 Å². The van der Waals surface area contributed by atoms with E-state index in [1.807, 2.05) is 55.5 Å². The molecule has 0 aromatic heterocycles. The first-order valence-electron chi connectivity index (χ1n) is 9.32. The molecule has 6 nitrogen and oxygen atoms in total. The number of nitrogens with zero attached hydrogens (tertiary/aromatic N) is 2. The van der Waals surface area contributed by atoms with Crippen LogP contribution in [0, 0.1) is 0 Å². The number of amides is 2. The van der Waals surface area contributed by atoms with E-state index in [-0.39, 0.29) is 11.8 Å². The van der Waals surface area contributed by atoms with Crippen molar-refractivity contribution in [2.75, 3.05) is 5.32 Å². The van der Waals surface area contributed by atoms with Gasteiger partial charge in [-0.3, -0.25) is 9.59 Å². The van der Waals surface area contributed by atoms with E-state index in [0.29, 0.717) is 17.1 Å². The molecule has 0 unspecified atom stereocenters. The quantitative estimate of drug-likeness (QED) is 0.732. The Hall–Kier alpha value is -3.67. The van der Waals surface area contributed by atoms with Crippen LogP contribution >= 0.6 is 0 Å². The Balaban J connectivity index is 1.74. The Morgan fingerprint density at radius 2 is 1.72 bits per heavy atom. The second kappa shape index (κ2) is 7.05. The maximum atomic E-state index is 12.4. The van der Waals surface area contributed by atoms with Gasteiger partial charge in [0.1, 0.15) is 0 Å². The van der Waals surface area contributed by atoms with E-state index in [1.54, 1.807) is 18.2 Å². The number of hydrogen-bond donors (Lipinski definition) is 1. The molecule has 0 fully saturated rings. The van der Waals surface area contributed by atoms with Gasteiger partial charge >= 0.3 is 0 Å². The summed E-state index contributed by atoms with van der Waals surface area (Å²) in [6.45, 7) is 4.74. The van der Waals surface area contributed by atoms with Crippen LogP contribution in [0.1, 0.15) is 31.9 Å². The highest BCUT2D eigenvalue weighted by Crippen LogP contribution is 2.37. The fourth-order valence-corrected chi connectivity index (χ4v) is 3.52. The number of nitrogens with one attached hydrogen (secondary N) is 1. The fraction of sp³-hybridized carbons (Fsp3) is 0.174. The van der Waals surface area contributed by atoms with Gasteiger partial charge in [-0.15, -0.1) is 5.10 Å². The molecule has 1 aliphatic rings. The zero-order valence-corrected chi connectivity index (χ0v) is 16.5. The summed E-state index contributed by atoms with van der Waals surface area (Å²) in [6.07, 6.45) is 0. The summed E-state index contributed by atoms with van der Waals surface area (Å²) < 4.78 is 6.25. The molecule has 1 aliphatic heterocycles. The molecule has 1 atom stereocenters. The van der Waals surface area contributed by atoms with Crippen molar-refractivity contribution in [2.45, 2.75) is 26.5 Å². The first-order chi connectivity index (χ1) is 13.9. The van der Waals surface area contributed by atoms with E-state index < -0.39 is 5.72 Å². The molecule has 1 N–H and O–H groups in total. The molecule has 0 radical (unpaired) electrons. The molecule has 3 aromatic rings. The minimum atomic E-state index is -1.07. The van der Waals surface area contributed by atoms with Crippen molar-refractivity contribution in [2.24, 2.45) is 5.10 Å². The molecule has 4 rings (SSSR count). The number of benzene rings is 3. The lowest BCUT2D eigenvalue weighted by atomic mass is 9.99. The smallest absolute Gasteiger partial charge is 0.243 e. The van der Waals surface area contributed by atoms with Gasteiger partial charge in [-0.2, -0.15) is 5.01 Å². The minimum Gasteiger partial charge on any atom is -0.443 e. The number of ether oxygens (including phenoxy) is 1. The summed E-state index contributed by atoms with van der Waals surface area (Å²) in [5.41, 5.74) is 1.06. The van der Waals surface area contributed by atoms with Crippen LogP contribution < -0.4 is 5.32 Å². The van der Waals surface area contributed by atoms with Crippen molar-refractivity contribution >= 4 is 34.2 Å². The molecule has 0 saturated heterocycles. The summed E-state index contributed by atoms with van der Waals surface area (Å²) in [4.78, 5) is 23.7. The van der Waals surface area contributed by atoms with Gasteiger partial charge in [-0.1, -0.05) is 42.5 Å². The van der Waals surface area contributed by atoms with Crippen LogP contribution in [0.15, 0.2) is 71.8 Å². The van der Waals surface area contributed by atoms with Crippen LogP contribution in [0.4, 0.5) is 5.69 Å². The van der Waals surface area contributed by atoms with Crippen molar-refractivity contribution in [3.05, 3.63) is 77.9 Å². The van der Waals surface area contributed by atoms with Crippen LogP contribution in [0.25, 0.3) is 10.8 Å². The minimum absolute atomic E-state index is 0.164. The van der Waals surface area contributed by atoms with Gasteiger partial charge in [0.15, 0.2) is 0 Å². The van der Waals surface area contributed by atoms with E-state index in [1.165, 1.54) is 18.9 Å². The van der Waals surface area contributed by atoms with Gasteiger partial charge < -0.3 is 10.1 Å². The number of hydrogen-bond acceptors (Lipinski definition) is 4. The number of rotatable bonds is 3. The zero-order valence-electron chi connectivity index (χ0n) is 16.5. The fourth-order valence-electron chi connectivity index (χ4n) is 3.52. The third-order valence-electron chi connectivity index (χ3n) is 4.90. The van der Waals surface area contributed by atoms with Crippen molar-refractivity contribution in [3.63, 3.8) is 0 Å². The van der Waals surface area contributed by atoms with Crippen LogP contribution in [0.2, 0.25) is 0 Å². The van der Waals surface area contributed by atoms with Crippen molar-refractivity contribution in [1.82, 2.24) is 5.01 Å². The molecule has 1 heterocycles. The maximum Gasteiger partial charge on any atom is 0.243 e. The van der Waals surface area contributed by atoms with Crippen molar-refractivity contribution in [1.29, 1.82) is 0 Å². The Morgan fingerprint density at radius 1 is 0.966 bits per heavy atom. The van der Waals surface area contributed by atoms with E-state index in [0.717, 1.165) is 16.3 Å². The predicted octanol–water partition coefficient (Wildman–Crippen LogP) is 4.21. The maximum absolute atomic E-state index is 12.4. The first-order valence-corrected chi connectivity index (χ1v) is 9.32. The molecule has 6 heteroatoms. The summed E-state index contributed by atoms with van der Waals surface area (Å²) in [5.74, 6) is -0.0699. The van der Waals surface area contributed by atoms with Crippen molar-refractivity contribution < 1.29 is 14.3 Å². The molecule has 2 amide bonds. The number of hydrazone groups is 1. The summed E-state index contributed by atoms with van der Waals surface area (Å²) in [6, 6.07) is 21.2. The van der Waals surface area contributed by atoms with E-state index in [4.69, 9.17) is 4.74 Å². The highest BCUT2D eigenvalue weighted by Gasteiger charge is 2.45. The Morgan fingerprint density at radius 3 is 2.45 bits per heavy atom. The topological polar surface area (TPSA) is 71.0 Å². The van der Waals surface area contributed by atoms with Gasteiger partial charge in [0, 0.05) is 37.6 Å². The molecule has 29 heavy (non-hydrogen) atoms. The van der Waals surface area contributed by atoms with Crippen LogP contribution in [-0.2, 0) is 20.1 Å². The van der Waals surface area contributed by atoms with E-state index in [2.05, 4.69) is 10.4 Å². The lowest BCUT2D eigenvalue weighted by Gasteiger charge is -2.31. The molecule has 0 aliphatic carbocycles. The lowest BCUT2D eigenvalue weighted by molar-refractivity contribution is -0.146. The number of fused-ring (bicyclic) bond motifs is 1. The molecule has 0 bridgehead atoms. The Labute approximate surface area is 168 Å². The average Bonchev–Trinajstić information content (AvgIpc) is 3.06. The third-order valence-corrected chi connectivity index (χ3v) is 4.90. The third kappa shape index (κ3) is 3.45. The largest absolute Gasteiger partial charge is 0.443 e. The number of carbonyl (C=O) groups excluding carboxylic acids is 2. The molecule has 3 aromatic carbocycles. The SMILES string of the molecule is CC(=O)Nc1cccc(C2=NN(C(C)=O)[C@@](C)(c3ccc4ccccc4c3)O2)c1. The summed E-state index contributed by atoms with van der Waals surface area (Å²) in [7, 11) is 0. The Bertz CT molecular complexity index is 1150. The summed E-state index contributed by atoms with van der Waals surface area (Å²) in [5, 5.41) is 10.7. The van der Waals surface area contributed by atoms with Crippen molar-refractivity contribution in [3.8, 4) is 0 Å². The second-order valence-corrected chi connectivity index (χ2v) is 7.14. The predicted molar refractivity (Wildman–Crippen MR) is 112 cm³/mol. The second-order valence-electron chi connectivity index (χ2n) is 7.14. The van der Waals surface area contributed by atoms with E-state index in [9.17, 15) is 9.59 Å². The molecular formula is C23H21N3O3. The normalized spacial score (nSPS) is 18.3. The van der Waals surface area contributed by atoms with Crippen LogP contribution in [-0.4, -0.2) is 22.7 Å². The zero-order chi connectivity index (χ0) is 20.6. The first kappa shape index (κ1) is 18.7. The Kier molecular flexibility index (Phi) is 4.54. The molecule has 0 spiro atoms.